The zero-order valence-electron chi connectivity index (χ0n) is 13.2. The third kappa shape index (κ3) is 2.76. The molecule has 126 valence electrons. The van der Waals surface area contributed by atoms with Crippen molar-refractivity contribution < 1.29 is 19.2 Å². The summed E-state index contributed by atoms with van der Waals surface area (Å²) in [5, 5.41) is 4.96. The molecule has 1 fully saturated rings. The van der Waals surface area contributed by atoms with Gasteiger partial charge in [-0.05, 0) is 25.5 Å². The van der Waals surface area contributed by atoms with Crippen molar-refractivity contribution >= 4 is 29.3 Å². The lowest BCUT2D eigenvalue weighted by Gasteiger charge is -2.29. The first-order chi connectivity index (χ1) is 11.4. The van der Waals surface area contributed by atoms with E-state index in [2.05, 4.69) is 10.6 Å². The summed E-state index contributed by atoms with van der Waals surface area (Å²) >= 11 is 0. The molecule has 0 spiro atoms. The Hall–Kier alpha value is -2.74. The number of nitrogens with zero attached hydrogens (tertiary/aromatic N) is 1. The summed E-state index contributed by atoms with van der Waals surface area (Å²) in [6, 6.07) is 3.66. The molecule has 2 aliphatic rings. The predicted molar refractivity (Wildman–Crippen MR) is 84.8 cm³/mol. The highest BCUT2D eigenvalue weighted by Crippen LogP contribution is 2.32. The highest BCUT2D eigenvalue weighted by atomic mass is 16.2. The van der Waals surface area contributed by atoms with Gasteiger partial charge in [-0.3, -0.25) is 24.5 Å². The number of hydrogen-bond donors (Lipinski definition) is 3. The summed E-state index contributed by atoms with van der Waals surface area (Å²) < 4.78 is 0. The fourth-order valence-electron chi connectivity index (χ4n) is 2.95. The number of imide groups is 1. The van der Waals surface area contributed by atoms with Gasteiger partial charge in [0.1, 0.15) is 6.04 Å². The maximum absolute atomic E-state index is 12.6. The van der Waals surface area contributed by atoms with Gasteiger partial charge in [0, 0.05) is 29.8 Å². The van der Waals surface area contributed by atoms with Gasteiger partial charge in [0.15, 0.2) is 0 Å². The van der Waals surface area contributed by atoms with E-state index in [0.29, 0.717) is 23.2 Å². The zero-order valence-corrected chi connectivity index (χ0v) is 13.2. The number of benzene rings is 1. The molecule has 1 saturated heterocycles. The smallest absolute Gasteiger partial charge is 0.255 e. The molecule has 0 aromatic heterocycles. The van der Waals surface area contributed by atoms with Crippen molar-refractivity contribution in [1.82, 2.24) is 10.2 Å². The van der Waals surface area contributed by atoms with Crippen molar-refractivity contribution in [1.29, 1.82) is 0 Å². The van der Waals surface area contributed by atoms with E-state index in [4.69, 9.17) is 5.73 Å². The standard InChI is InChI=1S/C16H18N4O4/c1-8(17)14(22)18-11-4-2-3-9-10(11)7-20(16(9)24)12-5-6-13(21)19-15(12)23/h2-4,8,12H,5-7,17H2,1H3,(H,18,22)(H,19,21,23). The van der Waals surface area contributed by atoms with Crippen LogP contribution in [0.4, 0.5) is 5.69 Å². The summed E-state index contributed by atoms with van der Waals surface area (Å²) in [5.41, 5.74) is 7.17. The molecule has 8 heteroatoms. The van der Waals surface area contributed by atoms with Crippen LogP contribution in [-0.4, -0.2) is 40.6 Å². The number of piperidine rings is 1. The van der Waals surface area contributed by atoms with E-state index in [1.165, 1.54) is 4.90 Å². The summed E-state index contributed by atoms with van der Waals surface area (Å²) in [5.74, 6) is -1.43. The molecule has 3 rings (SSSR count). The average molecular weight is 330 g/mol. The molecule has 0 radical (unpaired) electrons. The van der Waals surface area contributed by atoms with Gasteiger partial charge in [-0.25, -0.2) is 0 Å². The van der Waals surface area contributed by atoms with Crippen LogP contribution in [0.5, 0.6) is 0 Å². The minimum atomic E-state index is -0.681. The molecule has 2 heterocycles. The van der Waals surface area contributed by atoms with E-state index in [1.807, 2.05) is 0 Å². The predicted octanol–water partition coefficient (Wildman–Crippen LogP) is -0.267. The van der Waals surface area contributed by atoms with E-state index < -0.39 is 18.0 Å². The maximum Gasteiger partial charge on any atom is 0.255 e. The Kier molecular flexibility index (Phi) is 4.06. The highest BCUT2D eigenvalue weighted by molar-refractivity contribution is 6.07. The molecule has 2 aliphatic heterocycles. The second-order valence-corrected chi connectivity index (χ2v) is 6.01. The Morgan fingerprint density at radius 2 is 2.12 bits per heavy atom. The lowest BCUT2D eigenvalue weighted by molar-refractivity contribution is -0.137. The van der Waals surface area contributed by atoms with Crippen LogP contribution in [0, 0.1) is 0 Å². The molecule has 1 aromatic rings. The summed E-state index contributed by atoms with van der Waals surface area (Å²) in [6.07, 6.45) is 0.497. The van der Waals surface area contributed by atoms with Gasteiger partial charge in [-0.1, -0.05) is 6.07 Å². The normalized spacial score (nSPS) is 21.3. The molecule has 4 N–H and O–H groups in total. The SMILES string of the molecule is CC(N)C(=O)Nc1cccc2c1CN(C1CCC(=O)NC1=O)C2=O. The van der Waals surface area contributed by atoms with E-state index >= 15 is 0 Å². The number of carbonyl (C=O) groups excluding carboxylic acids is 4. The Labute approximate surface area is 138 Å². The molecule has 2 unspecified atom stereocenters. The van der Waals surface area contributed by atoms with Crippen molar-refractivity contribution in [2.45, 2.75) is 38.4 Å². The molecule has 0 bridgehead atoms. The van der Waals surface area contributed by atoms with Crippen LogP contribution >= 0.6 is 0 Å². The van der Waals surface area contributed by atoms with Gasteiger partial charge in [0.05, 0.1) is 6.04 Å². The molecule has 1 aromatic carbocycles. The van der Waals surface area contributed by atoms with Gasteiger partial charge in [0.25, 0.3) is 5.91 Å². The Morgan fingerprint density at radius 1 is 1.38 bits per heavy atom. The lowest BCUT2D eigenvalue weighted by Crippen LogP contribution is -2.52. The van der Waals surface area contributed by atoms with Crippen LogP contribution in [0.2, 0.25) is 0 Å². The van der Waals surface area contributed by atoms with Crippen LogP contribution in [0.3, 0.4) is 0 Å². The number of nitrogens with two attached hydrogens (primary N) is 1. The largest absolute Gasteiger partial charge is 0.324 e. The lowest BCUT2D eigenvalue weighted by atomic mass is 10.0. The summed E-state index contributed by atoms with van der Waals surface area (Å²) in [4.78, 5) is 49.2. The average Bonchev–Trinajstić information content (AvgIpc) is 2.85. The minimum Gasteiger partial charge on any atom is -0.324 e. The summed E-state index contributed by atoms with van der Waals surface area (Å²) in [6.45, 7) is 1.77. The van der Waals surface area contributed by atoms with E-state index in [1.54, 1.807) is 25.1 Å². The van der Waals surface area contributed by atoms with Gasteiger partial charge in [-0.15, -0.1) is 0 Å². The molecule has 24 heavy (non-hydrogen) atoms. The monoisotopic (exact) mass is 330 g/mol. The first-order valence-corrected chi connectivity index (χ1v) is 7.71. The number of anilines is 1. The van der Waals surface area contributed by atoms with Gasteiger partial charge in [0.2, 0.25) is 17.7 Å². The number of amides is 4. The Bertz CT molecular complexity index is 744. The van der Waals surface area contributed by atoms with Crippen LogP contribution in [0.1, 0.15) is 35.7 Å². The number of fused-ring (bicyclic) bond motifs is 1. The van der Waals surface area contributed by atoms with Crippen molar-refractivity contribution in [2.24, 2.45) is 5.73 Å². The van der Waals surface area contributed by atoms with Crippen molar-refractivity contribution in [2.75, 3.05) is 5.32 Å². The second kappa shape index (κ2) is 6.04. The van der Waals surface area contributed by atoms with Gasteiger partial charge >= 0.3 is 0 Å². The number of nitrogens with one attached hydrogen (secondary N) is 2. The first kappa shape index (κ1) is 16.1. The van der Waals surface area contributed by atoms with E-state index in [9.17, 15) is 19.2 Å². The fraction of sp³-hybridized carbons (Fsp3) is 0.375. The van der Waals surface area contributed by atoms with Crippen molar-refractivity contribution in [3.63, 3.8) is 0 Å². The summed E-state index contributed by atoms with van der Waals surface area (Å²) in [7, 11) is 0. The molecule has 8 nitrogen and oxygen atoms in total. The van der Waals surface area contributed by atoms with Crippen LogP contribution in [0.25, 0.3) is 0 Å². The fourth-order valence-corrected chi connectivity index (χ4v) is 2.95. The van der Waals surface area contributed by atoms with Crippen molar-refractivity contribution in [3.05, 3.63) is 29.3 Å². The van der Waals surface area contributed by atoms with Gasteiger partial charge in [-0.2, -0.15) is 0 Å². The van der Waals surface area contributed by atoms with Crippen LogP contribution in [-0.2, 0) is 20.9 Å². The minimum absolute atomic E-state index is 0.199. The number of rotatable bonds is 3. The molecule has 2 atom stereocenters. The quantitative estimate of drug-likeness (QED) is 0.659. The van der Waals surface area contributed by atoms with Crippen LogP contribution < -0.4 is 16.4 Å². The zero-order chi connectivity index (χ0) is 17.4. The first-order valence-electron chi connectivity index (χ1n) is 7.71. The topological polar surface area (TPSA) is 122 Å². The third-order valence-electron chi connectivity index (χ3n) is 4.25. The van der Waals surface area contributed by atoms with Crippen molar-refractivity contribution in [3.8, 4) is 0 Å². The Balaban J connectivity index is 1.86. The Morgan fingerprint density at radius 3 is 2.79 bits per heavy atom. The third-order valence-corrected chi connectivity index (χ3v) is 4.25. The molecular formula is C16H18N4O4. The second-order valence-electron chi connectivity index (χ2n) is 6.01. The molecule has 0 aliphatic carbocycles. The van der Waals surface area contributed by atoms with Gasteiger partial charge < -0.3 is 16.0 Å². The highest BCUT2D eigenvalue weighted by Gasteiger charge is 2.39. The van der Waals surface area contributed by atoms with E-state index in [-0.39, 0.29) is 30.7 Å². The molecular weight excluding hydrogens is 312 g/mol. The molecule has 4 amide bonds. The number of hydrogen-bond acceptors (Lipinski definition) is 5. The number of carbonyl (C=O) groups is 4. The maximum atomic E-state index is 12.6. The molecule has 0 saturated carbocycles. The van der Waals surface area contributed by atoms with E-state index in [0.717, 1.165) is 0 Å². The van der Waals surface area contributed by atoms with Crippen LogP contribution in [0.15, 0.2) is 18.2 Å².